The summed E-state index contributed by atoms with van der Waals surface area (Å²) in [6.07, 6.45) is 1.98. The highest BCUT2D eigenvalue weighted by molar-refractivity contribution is 6.34. The lowest BCUT2D eigenvalue weighted by Gasteiger charge is -2.51. The van der Waals surface area contributed by atoms with E-state index in [1.807, 2.05) is 12.1 Å². The zero-order chi connectivity index (χ0) is 30.7. The van der Waals surface area contributed by atoms with E-state index in [0.29, 0.717) is 11.3 Å². The van der Waals surface area contributed by atoms with Gasteiger partial charge in [-0.1, -0.05) is 24.3 Å². The number of aliphatic hydroxyl groups is 3. The first-order valence-electron chi connectivity index (χ1n) is 14.3. The van der Waals surface area contributed by atoms with Gasteiger partial charge in [-0.3, -0.25) is 14.5 Å². The van der Waals surface area contributed by atoms with E-state index in [1.165, 1.54) is 18.2 Å². The van der Waals surface area contributed by atoms with E-state index < -0.39 is 58.0 Å². The first kappa shape index (κ1) is 27.6. The number of primary amides is 1. The Labute approximate surface area is 247 Å². The Hall–Kier alpha value is -4.19. The molecule has 1 saturated carbocycles. The number of fused-ring (bicyclic) bond motifs is 4. The van der Waals surface area contributed by atoms with Crippen molar-refractivity contribution in [3.05, 3.63) is 75.1 Å². The lowest BCUT2D eigenvalue weighted by atomic mass is 9.56. The molecule has 4 aliphatic carbocycles. The molecule has 224 valence electrons. The number of methoxy groups -OCH3 is 1. The number of ketones is 1. The molecule has 11 heteroatoms. The molecule has 7 rings (SSSR count). The van der Waals surface area contributed by atoms with Crippen molar-refractivity contribution in [3.63, 3.8) is 0 Å². The summed E-state index contributed by atoms with van der Waals surface area (Å²) in [6.45, 7) is 0. The molecule has 0 bridgehead atoms. The molecule has 1 unspecified atom stereocenters. The third-order valence-electron chi connectivity index (χ3n) is 10.3. The van der Waals surface area contributed by atoms with Gasteiger partial charge in [-0.2, -0.15) is 0 Å². The number of carbonyl (C=O) groups is 2. The molecule has 1 spiro atoms. The normalized spacial score (nSPS) is 30.3. The van der Waals surface area contributed by atoms with Gasteiger partial charge in [0.1, 0.15) is 28.6 Å². The van der Waals surface area contributed by atoms with Crippen LogP contribution in [0.5, 0.6) is 11.5 Å². The van der Waals surface area contributed by atoms with Crippen LogP contribution in [0.4, 0.5) is 0 Å². The Morgan fingerprint density at radius 2 is 1.81 bits per heavy atom. The monoisotopic (exact) mass is 586 g/mol. The molecule has 2 aromatic rings. The third kappa shape index (κ3) is 3.49. The van der Waals surface area contributed by atoms with Gasteiger partial charge in [-0.15, -0.1) is 0 Å². The number of ether oxygens (including phenoxy) is 1. The number of nitrogens with one attached hydrogen (secondary N) is 2. The van der Waals surface area contributed by atoms with Crippen molar-refractivity contribution < 1.29 is 34.8 Å². The van der Waals surface area contributed by atoms with Crippen LogP contribution in [0.25, 0.3) is 5.76 Å². The molecule has 1 aliphatic heterocycles. The summed E-state index contributed by atoms with van der Waals surface area (Å²) in [7, 11) is 4.80. The Bertz CT molecular complexity index is 1700. The Morgan fingerprint density at radius 1 is 1.16 bits per heavy atom. The van der Waals surface area contributed by atoms with Gasteiger partial charge in [0, 0.05) is 28.2 Å². The summed E-state index contributed by atoms with van der Waals surface area (Å²) in [5.41, 5.74) is 5.13. The number of likely N-dealkylation sites (N-methyl/N-ethyl adjacent to an activating group) is 1. The zero-order valence-electron chi connectivity index (χ0n) is 24.1. The van der Waals surface area contributed by atoms with Crippen molar-refractivity contribution in [3.8, 4) is 11.5 Å². The van der Waals surface area contributed by atoms with Gasteiger partial charge in [-0.05, 0) is 62.9 Å². The van der Waals surface area contributed by atoms with Crippen LogP contribution in [-0.2, 0) is 28.9 Å². The van der Waals surface area contributed by atoms with Crippen molar-refractivity contribution in [1.82, 2.24) is 10.2 Å². The van der Waals surface area contributed by atoms with Crippen molar-refractivity contribution in [1.29, 1.82) is 5.41 Å². The molecule has 2 aromatic carbocycles. The molecule has 5 atom stereocenters. The number of hydrogen-bond acceptors (Lipinski definition) is 10. The molecule has 1 heterocycles. The third-order valence-corrected chi connectivity index (χ3v) is 10.3. The van der Waals surface area contributed by atoms with E-state index in [9.17, 15) is 30.0 Å². The number of nitrogens with zero attached hydrogens (tertiary/aromatic N) is 1. The van der Waals surface area contributed by atoms with Crippen LogP contribution in [0.15, 0.2) is 47.2 Å². The molecule has 1 amide bonds. The highest BCUT2D eigenvalue weighted by Gasteiger charge is 2.64. The summed E-state index contributed by atoms with van der Waals surface area (Å²) in [6, 6.07) is 8.78. The highest BCUT2D eigenvalue weighted by Crippen LogP contribution is 2.57. The second-order valence-corrected chi connectivity index (χ2v) is 12.7. The minimum absolute atomic E-state index is 0.0478. The summed E-state index contributed by atoms with van der Waals surface area (Å²) >= 11 is 0. The Kier molecular flexibility index (Phi) is 5.73. The van der Waals surface area contributed by atoms with E-state index in [2.05, 4.69) is 17.4 Å². The van der Waals surface area contributed by atoms with E-state index in [1.54, 1.807) is 25.1 Å². The average molecular weight is 587 g/mol. The number of rotatable bonds is 4. The molecule has 8 N–H and O–H groups in total. The first-order chi connectivity index (χ1) is 20.4. The van der Waals surface area contributed by atoms with E-state index in [0.717, 1.165) is 18.4 Å². The standard InChI is InChI=1S/C32H34N4O7/c1-36(2)23-18-9-15-8-16-21(24(38)20(15)29(40)32(18,42)27(33)22(25(23)39)30(34)41)19(37)10-17(26(16)43-3)28-31(35-28)11-13-6-4-5-7-14(13)12-31/h4-7,10,15,18,23,28,33,35,37-39,42H,8-9,11-12H2,1-3H3,(H2,34,41)/t15-,18-,23-,28?,32+/m0/s1. The fraction of sp³-hybridized carbons (Fsp3) is 0.406. The number of aromatic hydroxyl groups is 1. The maximum Gasteiger partial charge on any atom is 0.254 e. The van der Waals surface area contributed by atoms with Crippen LogP contribution in [0.1, 0.15) is 40.3 Å². The molecule has 43 heavy (non-hydrogen) atoms. The minimum Gasteiger partial charge on any atom is -0.510 e. The summed E-state index contributed by atoms with van der Waals surface area (Å²) in [4.78, 5) is 27.9. The van der Waals surface area contributed by atoms with Crippen molar-refractivity contribution >= 4 is 23.2 Å². The lowest BCUT2D eigenvalue weighted by molar-refractivity contribution is -0.138. The second kappa shape index (κ2) is 8.91. The number of hydrogen-bond donors (Lipinski definition) is 7. The molecule has 0 radical (unpaired) electrons. The number of aliphatic hydroxyl groups excluding tert-OH is 2. The number of phenols is 1. The highest BCUT2D eigenvalue weighted by atomic mass is 16.5. The van der Waals surface area contributed by atoms with Crippen LogP contribution >= 0.6 is 0 Å². The quantitative estimate of drug-likeness (QED) is 0.260. The predicted octanol–water partition coefficient (Wildman–Crippen LogP) is 1.61. The van der Waals surface area contributed by atoms with Crippen LogP contribution in [0, 0.1) is 17.2 Å². The molecule has 1 saturated heterocycles. The second-order valence-electron chi connectivity index (χ2n) is 12.7. The molecule has 2 fully saturated rings. The van der Waals surface area contributed by atoms with Gasteiger partial charge in [-0.25, -0.2) is 0 Å². The smallest absolute Gasteiger partial charge is 0.254 e. The minimum atomic E-state index is -2.52. The fourth-order valence-electron chi connectivity index (χ4n) is 8.40. The fourth-order valence-corrected chi connectivity index (χ4v) is 8.40. The number of phenolic OH excluding ortho intramolecular Hbond substituents is 1. The Morgan fingerprint density at radius 3 is 2.40 bits per heavy atom. The topological polar surface area (TPSA) is 199 Å². The lowest BCUT2D eigenvalue weighted by Crippen LogP contribution is -2.67. The largest absolute Gasteiger partial charge is 0.510 e. The summed E-state index contributed by atoms with van der Waals surface area (Å²) < 4.78 is 5.93. The molecule has 11 nitrogen and oxygen atoms in total. The Balaban J connectivity index is 1.33. The number of amides is 1. The van der Waals surface area contributed by atoms with E-state index in [4.69, 9.17) is 15.9 Å². The number of benzene rings is 2. The average Bonchev–Trinajstić information content (AvgIpc) is 3.49. The van der Waals surface area contributed by atoms with Crippen LogP contribution in [0.3, 0.4) is 0 Å². The van der Waals surface area contributed by atoms with Crippen LogP contribution in [-0.4, -0.2) is 81.1 Å². The SMILES string of the molecule is COc1c(C2NC23Cc2ccccc2C3)cc(O)c2c1C[C@H]1C[C@H]3[C@H](N(C)C)C(O)=C(C(N)=O)C(=N)[C@@]3(O)C(=O)C1=C2O. The van der Waals surface area contributed by atoms with Gasteiger partial charge in [0.2, 0.25) is 5.78 Å². The number of nitrogens with two attached hydrogens (primary N) is 1. The van der Waals surface area contributed by atoms with Gasteiger partial charge < -0.3 is 41.6 Å². The zero-order valence-corrected chi connectivity index (χ0v) is 24.1. The van der Waals surface area contributed by atoms with E-state index >= 15 is 0 Å². The van der Waals surface area contributed by atoms with Crippen molar-refractivity contribution in [2.45, 2.75) is 48.9 Å². The van der Waals surface area contributed by atoms with Crippen molar-refractivity contribution in [2.24, 2.45) is 17.6 Å². The summed E-state index contributed by atoms with van der Waals surface area (Å²) in [5, 5.41) is 58.0. The van der Waals surface area contributed by atoms with Gasteiger partial charge in [0.15, 0.2) is 5.60 Å². The molecule has 0 aromatic heterocycles. The maximum absolute atomic E-state index is 14.1. The number of Topliss-reactive ketones (excluding diaryl/α,β-unsaturated/α-hetero) is 1. The van der Waals surface area contributed by atoms with Crippen molar-refractivity contribution in [2.75, 3.05) is 21.2 Å². The van der Waals surface area contributed by atoms with Gasteiger partial charge in [0.25, 0.3) is 5.91 Å². The summed E-state index contributed by atoms with van der Waals surface area (Å²) in [5.74, 6) is -4.41. The maximum atomic E-state index is 14.1. The van der Waals surface area contributed by atoms with Gasteiger partial charge >= 0.3 is 0 Å². The van der Waals surface area contributed by atoms with Crippen LogP contribution < -0.4 is 15.8 Å². The first-order valence-corrected chi connectivity index (χ1v) is 14.3. The van der Waals surface area contributed by atoms with Gasteiger partial charge in [0.05, 0.1) is 30.5 Å². The molecular weight excluding hydrogens is 552 g/mol. The van der Waals surface area contributed by atoms with E-state index in [-0.39, 0.29) is 41.3 Å². The number of carbonyl (C=O) groups excluding carboxylic acids is 2. The predicted molar refractivity (Wildman–Crippen MR) is 156 cm³/mol. The molecule has 5 aliphatic rings. The molecular formula is C32H34N4O7. The van der Waals surface area contributed by atoms with Crippen LogP contribution in [0.2, 0.25) is 0 Å².